The van der Waals surface area contributed by atoms with Crippen molar-refractivity contribution in [2.24, 2.45) is 7.05 Å². The second-order valence-corrected chi connectivity index (χ2v) is 9.12. The van der Waals surface area contributed by atoms with Crippen LogP contribution in [-0.2, 0) is 17.1 Å². The fourth-order valence-corrected chi connectivity index (χ4v) is 4.71. The standard InChI is InChI=1S/C19H27N5O3S/c1-15-20-18(14-22(15)4)28(26,27)24-10-6-9-23(11-12-24)19(25)16-7-5-8-17(13-16)21(2)3/h5,7-8,13-14H,6,9-12H2,1-4H3. The van der Waals surface area contributed by atoms with E-state index in [1.807, 2.05) is 37.2 Å². The van der Waals surface area contributed by atoms with Gasteiger partial charge in [0.1, 0.15) is 5.82 Å². The van der Waals surface area contributed by atoms with Gasteiger partial charge in [0, 0.05) is 64.8 Å². The minimum atomic E-state index is -3.66. The van der Waals surface area contributed by atoms with E-state index in [1.54, 1.807) is 29.5 Å². The number of nitrogens with zero attached hydrogens (tertiary/aromatic N) is 5. The lowest BCUT2D eigenvalue weighted by Gasteiger charge is -2.22. The van der Waals surface area contributed by atoms with Crippen LogP contribution in [0.25, 0.3) is 0 Å². The predicted octanol–water partition coefficient (Wildman–Crippen LogP) is 1.33. The zero-order valence-electron chi connectivity index (χ0n) is 16.8. The highest BCUT2D eigenvalue weighted by Gasteiger charge is 2.30. The molecule has 152 valence electrons. The van der Waals surface area contributed by atoms with Crippen molar-refractivity contribution >= 4 is 21.6 Å². The molecule has 0 unspecified atom stereocenters. The number of hydrogen-bond donors (Lipinski definition) is 0. The van der Waals surface area contributed by atoms with Crippen LogP contribution >= 0.6 is 0 Å². The molecule has 9 heteroatoms. The second kappa shape index (κ2) is 7.92. The summed E-state index contributed by atoms with van der Waals surface area (Å²) in [6.45, 7) is 3.29. The van der Waals surface area contributed by atoms with E-state index in [0.29, 0.717) is 37.4 Å². The summed E-state index contributed by atoms with van der Waals surface area (Å²) in [6.07, 6.45) is 2.12. The number of amides is 1. The number of anilines is 1. The van der Waals surface area contributed by atoms with Crippen LogP contribution in [0.1, 0.15) is 22.6 Å². The molecule has 1 fully saturated rings. The van der Waals surface area contributed by atoms with E-state index >= 15 is 0 Å². The van der Waals surface area contributed by atoms with Crippen LogP contribution in [0.2, 0.25) is 0 Å². The van der Waals surface area contributed by atoms with Crippen LogP contribution in [0.4, 0.5) is 5.69 Å². The largest absolute Gasteiger partial charge is 0.378 e. The molecule has 0 spiro atoms. The number of aryl methyl sites for hydroxylation is 2. The molecule has 0 bridgehead atoms. The van der Waals surface area contributed by atoms with Crippen molar-refractivity contribution in [2.45, 2.75) is 18.4 Å². The third-order valence-electron chi connectivity index (χ3n) is 5.04. The quantitative estimate of drug-likeness (QED) is 0.767. The zero-order chi connectivity index (χ0) is 20.5. The maximum absolute atomic E-state index is 12.9. The molecule has 0 N–H and O–H groups in total. The van der Waals surface area contributed by atoms with E-state index in [9.17, 15) is 13.2 Å². The minimum Gasteiger partial charge on any atom is -0.378 e. The Kier molecular flexibility index (Phi) is 5.76. The normalized spacial score (nSPS) is 16.1. The summed E-state index contributed by atoms with van der Waals surface area (Å²) in [5, 5.41) is 0.0611. The molecule has 8 nitrogen and oxygen atoms in total. The summed E-state index contributed by atoms with van der Waals surface area (Å²) >= 11 is 0. The zero-order valence-corrected chi connectivity index (χ0v) is 17.6. The lowest BCUT2D eigenvalue weighted by molar-refractivity contribution is 0.0764. The monoisotopic (exact) mass is 405 g/mol. The lowest BCUT2D eigenvalue weighted by atomic mass is 10.1. The van der Waals surface area contributed by atoms with Gasteiger partial charge in [-0.25, -0.2) is 13.4 Å². The van der Waals surface area contributed by atoms with Crippen molar-refractivity contribution in [3.05, 3.63) is 41.9 Å². The van der Waals surface area contributed by atoms with Crippen molar-refractivity contribution in [2.75, 3.05) is 45.2 Å². The molecule has 2 aromatic rings. The molecule has 1 aliphatic rings. The first kappa shape index (κ1) is 20.3. The fourth-order valence-electron chi connectivity index (χ4n) is 3.22. The molecule has 1 amide bonds. The van der Waals surface area contributed by atoms with Gasteiger partial charge < -0.3 is 14.4 Å². The molecule has 0 radical (unpaired) electrons. The number of rotatable bonds is 4. The van der Waals surface area contributed by atoms with Gasteiger partial charge in [0.05, 0.1) is 0 Å². The van der Waals surface area contributed by atoms with Crippen LogP contribution in [0.5, 0.6) is 0 Å². The van der Waals surface area contributed by atoms with Crippen molar-refractivity contribution in [1.29, 1.82) is 0 Å². The summed E-state index contributed by atoms with van der Waals surface area (Å²) in [5.41, 5.74) is 1.57. The Bertz CT molecular complexity index is 948. The second-order valence-electron chi connectivity index (χ2n) is 7.23. The Morgan fingerprint density at radius 1 is 1.14 bits per heavy atom. The number of imidazole rings is 1. The highest BCUT2D eigenvalue weighted by molar-refractivity contribution is 7.89. The predicted molar refractivity (Wildman–Crippen MR) is 108 cm³/mol. The third kappa shape index (κ3) is 4.05. The first-order valence-corrected chi connectivity index (χ1v) is 10.7. The van der Waals surface area contributed by atoms with E-state index in [1.165, 1.54) is 10.5 Å². The van der Waals surface area contributed by atoms with Gasteiger partial charge in [0.2, 0.25) is 0 Å². The first-order chi connectivity index (χ1) is 13.2. The summed E-state index contributed by atoms with van der Waals surface area (Å²) in [5.74, 6) is 0.572. The average molecular weight is 406 g/mol. The molecule has 28 heavy (non-hydrogen) atoms. The Labute approximate surface area is 166 Å². The van der Waals surface area contributed by atoms with Crippen LogP contribution < -0.4 is 4.90 Å². The average Bonchev–Trinajstić information content (AvgIpc) is 2.87. The molecule has 1 saturated heterocycles. The van der Waals surface area contributed by atoms with Crippen LogP contribution in [-0.4, -0.2) is 73.4 Å². The minimum absolute atomic E-state index is 0.0611. The Morgan fingerprint density at radius 3 is 2.54 bits per heavy atom. The van der Waals surface area contributed by atoms with Crippen molar-refractivity contribution in [3.8, 4) is 0 Å². The van der Waals surface area contributed by atoms with Crippen molar-refractivity contribution < 1.29 is 13.2 Å². The smallest absolute Gasteiger partial charge is 0.262 e. The summed E-state index contributed by atoms with van der Waals surface area (Å²) in [7, 11) is 1.96. The Balaban J connectivity index is 1.74. The van der Waals surface area contributed by atoms with Crippen LogP contribution in [0.3, 0.4) is 0 Å². The summed E-state index contributed by atoms with van der Waals surface area (Å²) in [6, 6.07) is 7.47. The molecule has 0 atom stereocenters. The highest BCUT2D eigenvalue weighted by atomic mass is 32.2. The molecule has 0 saturated carbocycles. The van der Waals surface area contributed by atoms with Gasteiger partial charge >= 0.3 is 0 Å². The van der Waals surface area contributed by atoms with Crippen molar-refractivity contribution in [1.82, 2.24) is 18.8 Å². The van der Waals surface area contributed by atoms with E-state index < -0.39 is 10.0 Å². The maximum atomic E-state index is 12.9. The van der Waals surface area contributed by atoms with Gasteiger partial charge in [-0.3, -0.25) is 4.79 Å². The molecule has 1 aromatic heterocycles. The molecule has 1 aliphatic heterocycles. The van der Waals surface area contributed by atoms with E-state index in [4.69, 9.17) is 0 Å². The number of carbonyl (C=O) groups is 1. The molecular formula is C19H27N5O3S. The van der Waals surface area contributed by atoms with Gasteiger partial charge in [0.15, 0.2) is 5.03 Å². The Morgan fingerprint density at radius 2 is 1.89 bits per heavy atom. The lowest BCUT2D eigenvalue weighted by Crippen LogP contribution is -2.37. The summed E-state index contributed by atoms with van der Waals surface area (Å²) < 4.78 is 28.9. The van der Waals surface area contributed by atoms with Crippen molar-refractivity contribution in [3.63, 3.8) is 0 Å². The van der Waals surface area contributed by atoms with Gasteiger partial charge in [-0.2, -0.15) is 4.31 Å². The van der Waals surface area contributed by atoms with Gasteiger partial charge in [-0.05, 0) is 31.5 Å². The highest BCUT2D eigenvalue weighted by Crippen LogP contribution is 2.19. The van der Waals surface area contributed by atoms with Crippen LogP contribution in [0, 0.1) is 6.92 Å². The van der Waals surface area contributed by atoms with E-state index in [-0.39, 0.29) is 17.5 Å². The molecule has 1 aromatic carbocycles. The third-order valence-corrected chi connectivity index (χ3v) is 6.81. The number of hydrogen-bond acceptors (Lipinski definition) is 5. The van der Waals surface area contributed by atoms with E-state index in [0.717, 1.165) is 5.69 Å². The van der Waals surface area contributed by atoms with Gasteiger partial charge in [-0.1, -0.05) is 6.07 Å². The maximum Gasteiger partial charge on any atom is 0.262 e. The number of sulfonamides is 1. The van der Waals surface area contributed by atoms with Gasteiger partial charge in [-0.15, -0.1) is 0 Å². The first-order valence-electron chi connectivity index (χ1n) is 9.27. The van der Waals surface area contributed by atoms with Crippen LogP contribution in [0.15, 0.2) is 35.5 Å². The summed E-state index contributed by atoms with van der Waals surface area (Å²) in [4.78, 5) is 20.8. The molecule has 2 heterocycles. The number of carbonyl (C=O) groups excluding carboxylic acids is 1. The van der Waals surface area contributed by atoms with E-state index in [2.05, 4.69) is 4.98 Å². The molecule has 3 rings (SSSR count). The SMILES string of the molecule is Cc1nc(S(=O)(=O)N2CCCN(C(=O)c3cccc(N(C)C)c3)CC2)cn1C. The number of benzene rings is 1. The Hall–Kier alpha value is -2.39. The molecular weight excluding hydrogens is 378 g/mol. The topological polar surface area (TPSA) is 78.8 Å². The number of aromatic nitrogens is 2. The fraction of sp³-hybridized carbons (Fsp3) is 0.474. The molecule has 0 aliphatic carbocycles. The van der Waals surface area contributed by atoms with Gasteiger partial charge in [0.25, 0.3) is 15.9 Å².